The van der Waals surface area contributed by atoms with E-state index in [1.165, 1.54) is 0 Å². The number of aromatic nitrogens is 3. The average Bonchev–Trinajstić information content (AvgIpc) is 2.82. The minimum atomic E-state index is 0.232. The second kappa shape index (κ2) is 6.22. The van der Waals surface area contributed by atoms with Gasteiger partial charge in [0.05, 0.1) is 12.6 Å². The zero-order chi connectivity index (χ0) is 13.7. The Kier molecular flexibility index (Phi) is 4.39. The molecule has 1 heterocycles. The van der Waals surface area contributed by atoms with Crippen LogP contribution < -0.4 is 10.1 Å². The molecule has 0 bridgehead atoms. The highest BCUT2D eigenvalue weighted by Gasteiger charge is 2.03. The van der Waals surface area contributed by atoms with Gasteiger partial charge < -0.3 is 10.1 Å². The van der Waals surface area contributed by atoms with Crippen molar-refractivity contribution in [3.63, 3.8) is 0 Å². The summed E-state index contributed by atoms with van der Waals surface area (Å²) in [5.74, 6) is 0.887. The van der Waals surface area contributed by atoms with Crippen molar-refractivity contribution in [3.8, 4) is 5.75 Å². The largest absolute Gasteiger partial charge is 0.491 e. The van der Waals surface area contributed by atoms with Crippen molar-refractivity contribution in [3.05, 3.63) is 36.2 Å². The van der Waals surface area contributed by atoms with Crippen LogP contribution in [-0.2, 0) is 13.6 Å². The molecule has 1 aromatic carbocycles. The van der Waals surface area contributed by atoms with Gasteiger partial charge in [0.2, 0.25) is 0 Å². The molecular weight excluding hydrogens is 240 g/mol. The fourth-order valence-corrected chi connectivity index (χ4v) is 1.66. The molecule has 0 aliphatic carbocycles. The average molecular weight is 260 g/mol. The van der Waals surface area contributed by atoms with E-state index >= 15 is 0 Å². The lowest BCUT2D eigenvalue weighted by atomic mass is 10.2. The Balaban J connectivity index is 1.95. The normalized spacial score (nSPS) is 12.2. The van der Waals surface area contributed by atoms with E-state index in [2.05, 4.69) is 29.5 Å². The Bertz CT molecular complexity index is 524. The first-order valence-electron chi connectivity index (χ1n) is 6.53. The molecule has 0 radical (unpaired) electrons. The molecule has 0 saturated heterocycles. The van der Waals surface area contributed by atoms with Crippen LogP contribution in [0.2, 0.25) is 0 Å². The maximum absolute atomic E-state index is 5.79. The first kappa shape index (κ1) is 13.4. The van der Waals surface area contributed by atoms with Crippen molar-refractivity contribution < 1.29 is 4.74 Å². The van der Waals surface area contributed by atoms with Crippen LogP contribution in [0.1, 0.15) is 26.0 Å². The number of hydrogen-bond acceptors (Lipinski definition) is 4. The minimum Gasteiger partial charge on any atom is -0.491 e. The quantitative estimate of drug-likeness (QED) is 0.867. The standard InChI is InChI=1S/C14H20N4O/c1-4-11(2)19-14-7-5-6-12(8-14)15-9-13-10-18(3)17-16-13/h5-8,10-11,15H,4,9H2,1-3H3. The molecule has 0 aliphatic rings. The van der Waals surface area contributed by atoms with Crippen molar-refractivity contribution in [2.45, 2.75) is 32.9 Å². The minimum absolute atomic E-state index is 0.232. The van der Waals surface area contributed by atoms with E-state index in [4.69, 9.17) is 4.74 Å². The van der Waals surface area contributed by atoms with Crippen molar-refractivity contribution in [1.82, 2.24) is 15.0 Å². The number of rotatable bonds is 6. The second-order valence-electron chi connectivity index (χ2n) is 4.60. The maximum atomic E-state index is 5.79. The highest BCUT2D eigenvalue weighted by Crippen LogP contribution is 2.19. The SMILES string of the molecule is CCC(C)Oc1cccc(NCc2cn(C)nn2)c1. The summed E-state index contributed by atoms with van der Waals surface area (Å²) in [6.45, 7) is 4.83. The van der Waals surface area contributed by atoms with E-state index in [0.29, 0.717) is 6.54 Å². The molecule has 5 heteroatoms. The van der Waals surface area contributed by atoms with Gasteiger partial charge in [-0.15, -0.1) is 5.10 Å². The molecular formula is C14H20N4O. The van der Waals surface area contributed by atoms with Crippen molar-refractivity contribution >= 4 is 5.69 Å². The fraction of sp³-hybridized carbons (Fsp3) is 0.429. The van der Waals surface area contributed by atoms with Gasteiger partial charge >= 0.3 is 0 Å². The second-order valence-corrected chi connectivity index (χ2v) is 4.60. The van der Waals surface area contributed by atoms with Crippen LogP contribution in [0, 0.1) is 0 Å². The number of benzene rings is 1. The van der Waals surface area contributed by atoms with Gasteiger partial charge in [-0.3, -0.25) is 4.68 Å². The summed E-state index contributed by atoms with van der Waals surface area (Å²) >= 11 is 0. The molecule has 0 spiro atoms. The molecule has 0 fully saturated rings. The van der Waals surface area contributed by atoms with Gasteiger partial charge in [0, 0.05) is 25.0 Å². The van der Waals surface area contributed by atoms with Crippen LogP contribution in [0.4, 0.5) is 5.69 Å². The summed E-state index contributed by atoms with van der Waals surface area (Å²) in [6.07, 6.45) is 3.12. The van der Waals surface area contributed by atoms with E-state index in [-0.39, 0.29) is 6.10 Å². The van der Waals surface area contributed by atoms with E-state index in [9.17, 15) is 0 Å². The summed E-state index contributed by atoms with van der Waals surface area (Å²) < 4.78 is 7.48. The summed E-state index contributed by atoms with van der Waals surface area (Å²) in [6, 6.07) is 7.97. The van der Waals surface area contributed by atoms with E-state index < -0.39 is 0 Å². The van der Waals surface area contributed by atoms with E-state index in [1.54, 1.807) is 4.68 Å². The predicted molar refractivity (Wildman–Crippen MR) is 75.2 cm³/mol. The first-order valence-corrected chi connectivity index (χ1v) is 6.53. The van der Waals surface area contributed by atoms with Crippen LogP contribution in [-0.4, -0.2) is 21.1 Å². The molecule has 2 rings (SSSR count). The van der Waals surface area contributed by atoms with Crippen molar-refractivity contribution in [1.29, 1.82) is 0 Å². The topological polar surface area (TPSA) is 52.0 Å². The van der Waals surface area contributed by atoms with E-state index in [1.807, 2.05) is 37.5 Å². The van der Waals surface area contributed by atoms with Gasteiger partial charge in [0.15, 0.2) is 0 Å². The molecule has 0 aliphatic heterocycles. The molecule has 0 amide bonds. The highest BCUT2D eigenvalue weighted by atomic mass is 16.5. The zero-order valence-corrected chi connectivity index (χ0v) is 11.6. The Hall–Kier alpha value is -2.04. The summed E-state index contributed by atoms with van der Waals surface area (Å²) in [7, 11) is 1.86. The predicted octanol–water partition coefficient (Wildman–Crippen LogP) is 2.60. The Labute approximate surface area is 113 Å². The molecule has 102 valence electrons. The van der Waals surface area contributed by atoms with Crippen LogP contribution in [0.3, 0.4) is 0 Å². The van der Waals surface area contributed by atoms with Gasteiger partial charge in [0.25, 0.3) is 0 Å². The van der Waals surface area contributed by atoms with E-state index in [0.717, 1.165) is 23.6 Å². The van der Waals surface area contributed by atoms with Crippen LogP contribution >= 0.6 is 0 Å². The zero-order valence-electron chi connectivity index (χ0n) is 11.6. The molecule has 2 aromatic rings. The molecule has 19 heavy (non-hydrogen) atoms. The van der Waals surface area contributed by atoms with Crippen LogP contribution in [0.15, 0.2) is 30.5 Å². The monoisotopic (exact) mass is 260 g/mol. The van der Waals surface area contributed by atoms with Crippen molar-refractivity contribution in [2.24, 2.45) is 7.05 Å². The smallest absolute Gasteiger partial charge is 0.121 e. The Morgan fingerprint density at radius 2 is 2.26 bits per heavy atom. The lowest BCUT2D eigenvalue weighted by Gasteiger charge is -2.13. The lowest BCUT2D eigenvalue weighted by Crippen LogP contribution is -2.09. The summed E-state index contributed by atoms with van der Waals surface area (Å²) in [5, 5.41) is 11.2. The number of aryl methyl sites for hydroxylation is 1. The first-order chi connectivity index (χ1) is 9.17. The molecule has 1 N–H and O–H groups in total. The van der Waals surface area contributed by atoms with Crippen LogP contribution in [0.25, 0.3) is 0 Å². The number of anilines is 1. The number of nitrogens with zero attached hydrogens (tertiary/aromatic N) is 3. The van der Waals surface area contributed by atoms with Gasteiger partial charge in [-0.05, 0) is 25.5 Å². The number of ether oxygens (including phenoxy) is 1. The molecule has 1 aromatic heterocycles. The third-order valence-corrected chi connectivity index (χ3v) is 2.87. The fourth-order valence-electron chi connectivity index (χ4n) is 1.66. The third-order valence-electron chi connectivity index (χ3n) is 2.87. The molecule has 1 unspecified atom stereocenters. The number of nitrogens with one attached hydrogen (secondary N) is 1. The third kappa shape index (κ3) is 3.98. The highest BCUT2D eigenvalue weighted by molar-refractivity contribution is 5.48. The molecule has 5 nitrogen and oxygen atoms in total. The van der Waals surface area contributed by atoms with Gasteiger partial charge in [0.1, 0.15) is 11.4 Å². The van der Waals surface area contributed by atoms with Gasteiger partial charge in [-0.2, -0.15) is 0 Å². The maximum Gasteiger partial charge on any atom is 0.121 e. The Morgan fingerprint density at radius 3 is 2.95 bits per heavy atom. The lowest BCUT2D eigenvalue weighted by molar-refractivity contribution is 0.217. The van der Waals surface area contributed by atoms with Crippen molar-refractivity contribution in [2.75, 3.05) is 5.32 Å². The molecule has 1 atom stereocenters. The van der Waals surface area contributed by atoms with Crippen LogP contribution in [0.5, 0.6) is 5.75 Å². The summed E-state index contributed by atoms with van der Waals surface area (Å²) in [5.41, 5.74) is 1.93. The van der Waals surface area contributed by atoms with Gasteiger partial charge in [-0.1, -0.05) is 18.2 Å². The molecule has 0 saturated carbocycles. The van der Waals surface area contributed by atoms with Gasteiger partial charge in [-0.25, -0.2) is 0 Å². The number of hydrogen-bond donors (Lipinski definition) is 1. The Morgan fingerprint density at radius 1 is 1.42 bits per heavy atom. The summed E-state index contributed by atoms with van der Waals surface area (Å²) in [4.78, 5) is 0.